The average Bonchev–Trinajstić information content (AvgIpc) is 3.06. The Hall–Kier alpha value is -2.75. The summed E-state index contributed by atoms with van der Waals surface area (Å²) in [4.78, 5) is 11.8. The fourth-order valence-electron chi connectivity index (χ4n) is 2.50. The van der Waals surface area contributed by atoms with Gasteiger partial charge < -0.3 is 11.1 Å². The Morgan fingerprint density at radius 1 is 1.10 bits per heavy atom. The van der Waals surface area contributed by atoms with Crippen LogP contribution in [0.4, 0.5) is 17.1 Å². The van der Waals surface area contributed by atoms with Crippen molar-refractivity contribution in [2.75, 3.05) is 15.8 Å². The molecule has 0 unspecified atom stereocenters. The van der Waals surface area contributed by atoms with Gasteiger partial charge in [-0.3, -0.25) is 9.52 Å². The standard InChI is InChI=1S/C18H17Cl2N5O3S/c1-2-29(27,28)24-12-8-6-11(7-9-12)22-15-10-25(23-16(15)18(21)26)17-13(19)4-3-5-14(17)20/h3-10,22,24H,2H2,1H3,(H2,21,26). The number of hydrogen-bond donors (Lipinski definition) is 3. The minimum atomic E-state index is -3.37. The normalized spacial score (nSPS) is 11.3. The summed E-state index contributed by atoms with van der Waals surface area (Å²) in [6, 6.07) is 11.5. The van der Waals surface area contributed by atoms with Crippen LogP contribution in [0.15, 0.2) is 48.7 Å². The summed E-state index contributed by atoms with van der Waals surface area (Å²) in [5.74, 6) is -0.763. The van der Waals surface area contributed by atoms with Crippen molar-refractivity contribution in [3.8, 4) is 5.69 Å². The number of nitrogens with zero attached hydrogens (tertiary/aromatic N) is 2. The third kappa shape index (κ3) is 4.81. The molecule has 0 fully saturated rings. The lowest BCUT2D eigenvalue weighted by Gasteiger charge is -2.08. The monoisotopic (exact) mass is 453 g/mol. The summed E-state index contributed by atoms with van der Waals surface area (Å²) >= 11 is 12.4. The highest BCUT2D eigenvalue weighted by Gasteiger charge is 2.18. The maximum atomic E-state index is 11.8. The number of hydrogen-bond acceptors (Lipinski definition) is 5. The predicted octanol–water partition coefficient (Wildman–Crippen LogP) is 3.78. The van der Waals surface area contributed by atoms with Gasteiger partial charge in [0, 0.05) is 11.4 Å². The molecule has 0 aliphatic carbocycles. The van der Waals surface area contributed by atoms with E-state index in [9.17, 15) is 13.2 Å². The van der Waals surface area contributed by atoms with Gasteiger partial charge in [-0.05, 0) is 43.3 Å². The quantitative estimate of drug-likeness (QED) is 0.502. The lowest BCUT2D eigenvalue weighted by molar-refractivity contribution is 0.0996. The maximum Gasteiger partial charge on any atom is 0.271 e. The molecule has 0 saturated carbocycles. The lowest BCUT2D eigenvalue weighted by atomic mass is 10.2. The Balaban J connectivity index is 1.91. The summed E-state index contributed by atoms with van der Waals surface area (Å²) in [5.41, 5.74) is 7.22. The van der Waals surface area contributed by atoms with Crippen molar-refractivity contribution in [2.24, 2.45) is 5.73 Å². The van der Waals surface area contributed by atoms with Gasteiger partial charge in [0.25, 0.3) is 5.91 Å². The number of nitrogens with one attached hydrogen (secondary N) is 2. The number of carbonyl (C=O) groups is 1. The third-order valence-electron chi connectivity index (χ3n) is 3.93. The highest BCUT2D eigenvalue weighted by Crippen LogP contribution is 2.30. The highest BCUT2D eigenvalue weighted by atomic mass is 35.5. The topological polar surface area (TPSA) is 119 Å². The molecule has 4 N–H and O–H groups in total. The summed E-state index contributed by atoms with van der Waals surface area (Å²) in [6.45, 7) is 1.55. The Labute approximate surface area is 177 Å². The van der Waals surface area contributed by atoms with Gasteiger partial charge in [-0.25, -0.2) is 13.1 Å². The van der Waals surface area contributed by atoms with Crippen LogP contribution in [0, 0.1) is 0 Å². The van der Waals surface area contributed by atoms with Gasteiger partial charge in [-0.1, -0.05) is 29.3 Å². The number of halogens is 2. The lowest BCUT2D eigenvalue weighted by Crippen LogP contribution is -2.14. The Morgan fingerprint density at radius 3 is 2.24 bits per heavy atom. The molecule has 152 valence electrons. The van der Waals surface area contributed by atoms with Crippen LogP contribution >= 0.6 is 23.2 Å². The maximum absolute atomic E-state index is 11.8. The largest absolute Gasteiger partial charge is 0.364 e. The van der Waals surface area contributed by atoms with E-state index in [0.717, 1.165) is 0 Å². The second-order valence-corrected chi connectivity index (χ2v) is 8.80. The molecule has 0 atom stereocenters. The van der Waals surface area contributed by atoms with Crippen molar-refractivity contribution < 1.29 is 13.2 Å². The van der Waals surface area contributed by atoms with E-state index < -0.39 is 15.9 Å². The number of carbonyl (C=O) groups excluding carboxylic acids is 1. The molecule has 0 aliphatic heterocycles. The third-order valence-corrected chi connectivity index (χ3v) is 5.85. The first kappa shape index (κ1) is 21.0. The zero-order valence-electron chi connectivity index (χ0n) is 15.2. The van der Waals surface area contributed by atoms with Crippen molar-refractivity contribution in [2.45, 2.75) is 6.92 Å². The molecule has 0 radical (unpaired) electrons. The van der Waals surface area contributed by atoms with Crippen molar-refractivity contribution >= 4 is 56.2 Å². The van der Waals surface area contributed by atoms with Crippen LogP contribution in [0.2, 0.25) is 10.0 Å². The molecule has 0 bridgehead atoms. The number of para-hydroxylation sites is 1. The molecule has 0 spiro atoms. The first-order chi connectivity index (χ1) is 13.7. The van der Waals surface area contributed by atoms with E-state index >= 15 is 0 Å². The van der Waals surface area contributed by atoms with Gasteiger partial charge >= 0.3 is 0 Å². The van der Waals surface area contributed by atoms with E-state index in [0.29, 0.717) is 32.8 Å². The van der Waals surface area contributed by atoms with Crippen LogP contribution in [-0.4, -0.2) is 29.9 Å². The van der Waals surface area contributed by atoms with Gasteiger partial charge in [0.2, 0.25) is 10.0 Å². The Bertz CT molecular complexity index is 1140. The molecule has 29 heavy (non-hydrogen) atoms. The van der Waals surface area contributed by atoms with Crippen LogP contribution in [-0.2, 0) is 10.0 Å². The first-order valence-corrected chi connectivity index (χ1v) is 10.8. The summed E-state index contributed by atoms with van der Waals surface area (Å²) < 4.78 is 27.1. The number of amides is 1. The Kier molecular flexibility index (Phi) is 6.02. The molecule has 1 amide bonds. The van der Waals surface area contributed by atoms with Gasteiger partial charge in [-0.2, -0.15) is 5.10 Å². The van der Waals surface area contributed by atoms with Crippen molar-refractivity contribution in [3.05, 3.63) is 64.4 Å². The first-order valence-electron chi connectivity index (χ1n) is 8.41. The number of anilines is 3. The van der Waals surface area contributed by atoms with Gasteiger partial charge in [0.15, 0.2) is 5.69 Å². The van der Waals surface area contributed by atoms with Crippen LogP contribution in [0.5, 0.6) is 0 Å². The molecule has 1 aromatic heterocycles. The van der Waals surface area contributed by atoms with Crippen molar-refractivity contribution in [1.29, 1.82) is 0 Å². The van der Waals surface area contributed by atoms with Crippen LogP contribution < -0.4 is 15.8 Å². The number of benzene rings is 2. The van der Waals surface area contributed by atoms with Gasteiger partial charge in [0.1, 0.15) is 5.69 Å². The fraction of sp³-hybridized carbons (Fsp3) is 0.111. The van der Waals surface area contributed by atoms with Gasteiger partial charge in [-0.15, -0.1) is 0 Å². The molecule has 3 rings (SSSR count). The van der Waals surface area contributed by atoms with E-state index in [4.69, 9.17) is 28.9 Å². The Morgan fingerprint density at radius 2 is 1.69 bits per heavy atom. The van der Waals surface area contributed by atoms with Crippen molar-refractivity contribution in [1.82, 2.24) is 9.78 Å². The van der Waals surface area contributed by atoms with E-state index in [1.807, 2.05) is 0 Å². The molecule has 8 nitrogen and oxygen atoms in total. The zero-order valence-corrected chi connectivity index (χ0v) is 17.5. The number of aromatic nitrogens is 2. The highest BCUT2D eigenvalue weighted by molar-refractivity contribution is 7.92. The summed E-state index contributed by atoms with van der Waals surface area (Å²) in [7, 11) is -3.37. The molecule has 3 aromatic rings. The molecule has 0 aliphatic rings. The van der Waals surface area contributed by atoms with E-state index in [2.05, 4.69) is 15.1 Å². The van der Waals surface area contributed by atoms with Gasteiger partial charge in [0.05, 0.1) is 27.7 Å². The fourth-order valence-corrected chi connectivity index (χ4v) is 3.71. The van der Waals surface area contributed by atoms with Crippen molar-refractivity contribution in [3.63, 3.8) is 0 Å². The molecular formula is C18H17Cl2N5O3S. The van der Waals surface area contributed by atoms with Crippen LogP contribution in [0.25, 0.3) is 5.69 Å². The minimum Gasteiger partial charge on any atom is -0.364 e. The van der Waals surface area contributed by atoms with Crippen LogP contribution in [0.1, 0.15) is 17.4 Å². The average molecular weight is 454 g/mol. The number of nitrogens with two attached hydrogens (primary N) is 1. The molecular weight excluding hydrogens is 437 g/mol. The predicted molar refractivity (Wildman–Crippen MR) is 115 cm³/mol. The molecule has 0 saturated heterocycles. The van der Waals surface area contributed by atoms with E-state index in [1.54, 1.807) is 55.6 Å². The number of primary amides is 1. The van der Waals surface area contributed by atoms with E-state index in [-0.39, 0.29) is 11.4 Å². The van der Waals surface area contributed by atoms with Crippen LogP contribution in [0.3, 0.4) is 0 Å². The number of sulfonamides is 1. The molecule has 2 aromatic carbocycles. The number of rotatable bonds is 7. The smallest absolute Gasteiger partial charge is 0.271 e. The SMILES string of the molecule is CCS(=O)(=O)Nc1ccc(Nc2cn(-c3c(Cl)cccc3Cl)nc2C(N)=O)cc1. The molecule has 1 heterocycles. The summed E-state index contributed by atoms with van der Waals surface area (Å²) in [6.07, 6.45) is 1.54. The minimum absolute atomic E-state index is 0.00301. The zero-order chi connectivity index (χ0) is 21.2. The molecule has 11 heteroatoms. The second-order valence-electron chi connectivity index (χ2n) is 5.98. The van der Waals surface area contributed by atoms with E-state index in [1.165, 1.54) is 4.68 Å². The second kappa shape index (κ2) is 8.32. The summed E-state index contributed by atoms with van der Waals surface area (Å²) in [5, 5.41) is 7.95.